The number of carbonyl (C=O) groups excluding carboxylic acids is 1. The maximum absolute atomic E-state index is 12.7. The van der Waals surface area contributed by atoms with E-state index in [1.807, 2.05) is 12.1 Å². The third-order valence-electron chi connectivity index (χ3n) is 4.49. The monoisotopic (exact) mass is 430 g/mol. The van der Waals surface area contributed by atoms with E-state index >= 15 is 0 Å². The quantitative estimate of drug-likeness (QED) is 0.629. The van der Waals surface area contributed by atoms with Gasteiger partial charge in [-0.3, -0.25) is 9.69 Å². The van der Waals surface area contributed by atoms with Gasteiger partial charge in [0.15, 0.2) is 0 Å². The van der Waals surface area contributed by atoms with Gasteiger partial charge in [-0.1, -0.05) is 58.5 Å². The first-order valence-electron chi connectivity index (χ1n) is 8.35. The molecule has 1 heterocycles. The number of hydrogen-bond donors (Lipinski definition) is 1. The first-order valence-corrected chi connectivity index (χ1v) is 9.86. The van der Waals surface area contributed by atoms with Crippen molar-refractivity contribution < 1.29 is 4.79 Å². The zero-order chi connectivity index (χ0) is 18.7. The van der Waals surface area contributed by atoms with E-state index in [0.717, 1.165) is 24.9 Å². The van der Waals surface area contributed by atoms with Gasteiger partial charge in [-0.2, -0.15) is 0 Å². The Balaban J connectivity index is 1.64. The molecule has 26 heavy (non-hydrogen) atoms. The average molecular weight is 432 g/mol. The van der Waals surface area contributed by atoms with E-state index in [2.05, 4.69) is 10.2 Å². The number of halogens is 4. The fraction of sp³-hybridized carbons (Fsp3) is 0.316. The number of benzene rings is 2. The van der Waals surface area contributed by atoms with Gasteiger partial charge in [-0.25, -0.2) is 0 Å². The zero-order valence-electron chi connectivity index (χ0n) is 13.9. The number of likely N-dealkylation sites (tertiary alicyclic amines) is 1. The summed E-state index contributed by atoms with van der Waals surface area (Å²) in [6.07, 6.45) is 1.79. The van der Waals surface area contributed by atoms with Gasteiger partial charge in [-0.05, 0) is 49.2 Å². The van der Waals surface area contributed by atoms with Crippen LogP contribution in [0.25, 0.3) is 0 Å². The number of hydrogen-bond acceptors (Lipinski definition) is 2. The minimum absolute atomic E-state index is 0.0407. The molecule has 1 amide bonds. The Kier molecular flexibility index (Phi) is 6.70. The first-order chi connectivity index (χ1) is 12.4. The summed E-state index contributed by atoms with van der Waals surface area (Å²) in [5.41, 5.74) is 1.55. The van der Waals surface area contributed by atoms with Crippen molar-refractivity contribution in [1.82, 2.24) is 4.90 Å². The lowest BCUT2D eigenvalue weighted by Crippen LogP contribution is -2.40. The van der Waals surface area contributed by atoms with E-state index in [-0.39, 0.29) is 11.8 Å². The Bertz CT molecular complexity index is 812. The van der Waals surface area contributed by atoms with E-state index in [1.165, 1.54) is 0 Å². The lowest BCUT2D eigenvalue weighted by atomic mass is 9.96. The lowest BCUT2D eigenvalue weighted by molar-refractivity contribution is -0.121. The van der Waals surface area contributed by atoms with Crippen molar-refractivity contribution >= 4 is 58.0 Å². The number of nitrogens with one attached hydrogen (secondary N) is 1. The smallest absolute Gasteiger partial charge is 0.228 e. The van der Waals surface area contributed by atoms with Crippen molar-refractivity contribution in [2.45, 2.75) is 19.4 Å². The maximum Gasteiger partial charge on any atom is 0.228 e. The van der Waals surface area contributed by atoms with E-state index < -0.39 is 0 Å². The molecule has 1 saturated heterocycles. The molecule has 7 heteroatoms. The third-order valence-corrected chi connectivity index (χ3v) is 5.90. The minimum atomic E-state index is -0.107. The van der Waals surface area contributed by atoms with Crippen molar-refractivity contribution in [3.05, 3.63) is 62.1 Å². The molecule has 138 valence electrons. The van der Waals surface area contributed by atoms with Crippen LogP contribution in [0.1, 0.15) is 18.4 Å². The van der Waals surface area contributed by atoms with Crippen LogP contribution < -0.4 is 5.32 Å². The first kappa shape index (κ1) is 19.8. The SMILES string of the molecule is O=C(Nc1cccc(Cl)c1Cl)[C@H]1CCCN(Cc2ccc(Cl)cc2Cl)C1. The van der Waals surface area contributed by atoms with Crippen LogP contribution in [0.3, 0.4) is 0 Å². The molecule has 1 N–H and O–H groups in total. The Morgan fingerprint density at radius 2 is 1.92 bits per heavy atom. The number of amides is 1. The largest absolute Gasteiger partial charge is 0.324 e. The van der Waals surface area contributed by atoms with Crippen molar-refractivity contribution in [2.24, 2.45) is 5.92 Å². The molecule has 0 aliphatic carbocycles. The Morgan fingerprint density at radius 3 is 2.69 bits per heavy atom. The molecule has 1 fully saturated rings. The van der Waals surface area contributed by atoms with Crippen LogP contribution in [0.15, 0.2) is 36.4 Å². The Labute approximate surface area is 173 Å². The number of nitrogens with zero attached hydrogens (tertiary/aromatic N) is 1. The van der Waals surface area contributed by atoms with Crippen LogP contribution in [0, 0.1) is 5.92 Å². The fourth-order valence-corrected chi connectivity index (χ4v) is 3.96. The fourth-order valence-electron chi connectivity index (χ4n) is 3.14. The highest BCUT2D eigenvalue weighted by molar-refractivity contribution is 6.44. The van der Waals surface area contributed by atoms with Gasteiger partial charge in [0.2, 0.25) is 5.91 Å². The zero-order valence-corrected chi connectivity index (χ0v) is 17.0. The van der Waals surface area contributed by atoms with Gasteiger partial charge in [0.25, 0.3) is 0 Å². The highest BCUT2D eigenvalue weighted by atomic mass is 35.5. The molecule has 3 rings (SSSR count). The van der Waals surface area contributed by atoms with Crippen LogP contribution in [-0.4, -0.2) is 23.9 Å². The number of anilines is 1. The summed E-state index contributed by atoms with van der Waals surface area (Å²) < 4.78 is 0. The van der Waals surface area contributed by atoms with Gasteiger partial charge in [0, 0.05) is 23.1 Å². The molecule has 1 atom stereocenters. The van der Waals surface area contributed by atoms with Gasteiger partial charge in [-0.15, -0.1) is 0 Å². The summed E-state index contributed by atoms with van der Waals surface area (Å²) in [6.45, 7) is 2.29. The predicted molar refractivity (Wildman–Crippen MR) is 110 cm³/mol. The normalized spacial score (nSPS) is 17.9. The summed E-state index contributed by atoms with van der Waals surface area (Å²) in [7, 11) is 0. The molecule has 0 radical (unpaired) electrons. The summed E-state index contributed by atoms with van der Waals surface area (Å²) in [5, 5.41) is 4.95. The maximum atomic E-state index is 12.7. The summed E-state index contributed by atoms with van der Waals surface area (Å²) in [6, 6.07) is 10.7. The Morgan fingerprint density at radius 1 is 1.12 bits per heavy atom. The van der Waals surface area contributed by atoms with Crippen LogP contribution in [0.4, 0.5) is 5.69 Å². The second-order valence-corrected chi connectivity index (χ2v) is 8.03. The van der Waals surface area contributed by atoms with Crippen molar-refractivity contribution in [3.8, 4) is 0 Å². The van der Waals surface area contributed by atoms with E-state index in [1.54, 1.807) is 24.3 Å². The van der Waals surface area contributed by atoms with Crippen molar-refractivity contribution in [3.63, 3.8) is 0 Å². The predicted octanol–water partition coefficient (Wildman–Crippen LogP) is 6.15. The van der Waals surface area contributed by atoms with Crippen molar-refractivity contribution in [2.75, 3.05) is 18.4 Å². The van der Waals surface area contributed by atoms with Crippen LogP contribution in [-0.2, 0) is 11.3 Å². The highest BCUT2D eigenvalue weighted by Crippen LogP contribution is 2.31. The Hall–Kier alpha value is -0.970. The third kappa shape index (κ3) is 4.85. The number of rotatable bonds is 4. The van der Waals surface area contributed by atoms with Gasteiger partial charge >= 0.3 is 0 Å². The second kappa shape index (κ2) is 8.81. The molecular formula is C19H18Cl4N2O. The summed E-state index contributed by atoms with van der Waals surface area (Å²) in [4.78, 5) is 14.9. The molecule has 2 aromatic carbocycles. The number of carbonyl (C=O) groups is 1. The minimum Gasteiger partial charge on any atom is -0.324 e. The molecule has 0 saturated carbocycles. The van der Waals surface area contributed by atoms with Crippen LogP contribution >= 0.6 is 46.4 Å². The highest BCUT2D eigenvalue weighted by Gasteiger charge is 2.26. The van der Waals surface area contributed by atoms with Gasteiger partial charge in [0.05, 0.1) is 21.7 Å². The lowest BCUT2D eigenvalue weighted by Gasteiger charge is -2.32. The number of piperidine rings is 1. The molecule has 0 bridgehead atoms. The van der Waals surface area contributed by atoms with E-state index in [9.17, 15) is 4.79 Å². The molecule has 2 aromatic rings. The van der Waals surface area contributed by atoms with Crippen molar-refractivity contribution in [1.29, 1.82) is 0 Å². The molecule has 0 aromatic heterocycles. The summed E-state index contributed by atoms with van der Waals surface area (Å²) in [5.74, 6) is -0.147. The van der Waals surface area contributed by atoms with Crippen LogP contribution in [0.2, 0.25) is 20.1 Å². The summed E-state index contributed by atoms with van der Waals surface area (Å²) >= 11 is 24.4. The van der Waals surface area contributed by atoms with Gasteiger partial charge in [0.1, 0.15) is 0 Å². The molecular weight excluding hydrogens is 414 g/mol. The molecule has 1 aliphatic heterocycles. The topological polar surface area (TPSA) is 32.3 Å². The standard InChI is InChI=1S/C19H18Cl4N2O/c20-14-7-6-12(16(22)9-14)10-25-8-2-3-13(11-25)19(26)24-17-5-1-4-15(21)18(17)23/h1,4-7,9,13H,2-3,8,10-11H2,(H,24,26)/t13-/m0/s1. The average Bonchev–Trinajstić information content (AvgIpc) is 2.61. The van der Waals surface area contributed by atoms with Gasteiger partial charge < -0.3 is 5.32 Å². The molecule has 0 unspecified atom stereocenters. The van der Waals surface area contributed by atoms with E-state index in [4.69, 9.17) is 46.4 Å². The molecule has 0 spiro atoms. The molecule has 1 aliphatic rings. The van der Waals surface area contributed by atoms with Crippen LogP contribution in [0.5, 0.6) is 0 Å². The second-order valence-electron chi connectivity index (χ2n) is 6.40. The molecule has 3 nitrogen and oxygen atoms in total. The van der Waals surface area contributed by atoms with E-state index in [0.29, 0.717) is 38.9 Å².